The Hall–Kier alpha value is -1.05. The van der Waals surface area contributed by atoms with Crippen LogP contribution in [-0.2, 0) is 11.3 Å². The molecule has 0 radical (unpaired) electrons. The average molecular weight is 420 g/mol. The van der Waals surface area contributed by atoms with Gasteiger partial charge in [0.15, 0.2) is 0 Å². The molecule has 27 heavy (non-hydrogen) atoms. The van der Waals surface area contributed by atoms with Crippen molar-refractivity contribution in [1.82, 2.24) is 15.1 Å². The van der Waals surface area contributed by atoms with Crippen LogP contribution in [0.4, 0.5) is 4.79 Å². The van der Waals surface area contributed by atoms with E-state index < -0.39 is 5.60 Å². The molecule has 2 aliphatic rings. The van der Waals surface area contributed by atoms with Gasteiger partial charge in [0.2, 0.25) is 0 Å². The fourth-order valence-electron chi connectivity index (χ4n) is 3.63. The molecule has 2 saturated heterocycles. The molecule has 1 atom stereocenters. The highest BCUT2D eigenvalue weighted by atomic mass is 35.5. The van der Waals surface area contributed by atoms with Crippen molar-refractivity contribution in [3.63, 3.8) is 0 Å². The summed E-state index contributed by atoms with van der Waals surface area (Å²) < 4.78 is 5.44. The van der Waals surface area contributed by atoms with E-state index in [1.54, 1.807) is 4.90 Å². The Morgan fingerprint density at radius 1 is 1.11 bits per heavy atom. The molecule has 6 nitrogen and oxygen atoms in total. The summed E-state index contributed by atoms with van der Waals surface area (Å²) in [5.74, 6) is 0. The summed E-state index contributed by atoms with van der Waals surface area (Å²) in [6.07, 6.45) is 2.52. The van der Waals surface area contributed by atoms with Crippen LogP contribution < -0.4 is 5.32 Å². The van der Waals surface area contributed by atoms with Gasteiger partial charge in [0.1, 0.15) is 6.61 Å². The van der Waals surface area contributed by atoms with Crippen molar-refractivity contribution < 1.29 is 14.6 Å². The number of piperidine rings is 1. The highest BCUT2D eigenvalue weighted by molar-refractivity contribution is 5.85. The van der Waals surface area contributed by atoms with Gasteiger partial charge < -0.3 is 20.1 Å². The van der Waals surface area contributed by atoms with E-state index in [1.807, 2.05) is 30.3 Å². The summed E-state index contributed by atoms with van der Waals surface area (Å²) in [6.45, 7) is 5.68. The molecule has 1 amide bonds. The first-order valence-electron chi connectivity index (χ1n) is 9.26. The summed E-state index contributed by atoms with van der Waals surface area (Å²) in [5.41, 5.74) is 0.362. The molecule has 1 aromatic carbocycles. The number of carbonyl (C=O) groups is 1. The standard InChI is InChI=1S/C19H29N3O3.2ClH/c23-18(25-14-17-6-2-1-3-7-17)22-11-5-10-21(12-13-22)16-19(24)8-4-9-20-15-19;;/h1-3,6-7,20,24H,4-5,8-16H2;2*1H. The van der Waals surface area contributed by atoms with E-state index in [0.29, 0.717) is 32.8 Å². The van der Waals surface area contributed by atoms with E-state index in [-0.39, 0.29) is 30.9 Å². The number of nitrogens with one attached hydrogen (secondary N) is 1. The molecule has 0 aromatic heterocycles. The SMILES string of the molecule is Cl.Cl.O=C(OCc1ccccc1)N1CCCN(CC2(O)CCCNC2)CC1. The van der Waals surface area contributed by atoms with Gasteiger partial charge in [-0.25, -0.2) is 4.79 Å². The minimum Gasteiger partial charge on any atom is -0.445 e. The molecule has 0 aliphatic carbocycles. The van der Waals surface area contributed by atoms with Gasteiger partial charge in [-0.2, -0.15) is 0 Å². The molecule has 0 saturated carbocycles. The van der Waals surface area contributed by atoms with Crippen molar-refractivity contribution in [2.45, 2.75) is 31.5 Å². The minimum absolute atomic E-state index is 0. The van der Waals surface area contributed by atoms with Crippen molar-refractivity contribution in [2.24, 2.45) is 0 Å². The molecule has 1 aromatic rings. The third kappa shape index (κ3) is 7.47. The highest BCUT2D eigenvalue weighted by Gasteiger charge is 2.32. The van der Waals surface area contributed by atoms with Crippen LogP contribution in [-0.4, -0.2) is 72.4 Å². The predicted octanol–water partition coefficient (Wildman–Crippen LogP) is 2.29. The van der Waals surface area contributed by atoms with Gasteiger partial charge in [-0.3, -0.25) is 4.90 Å². The van der Waals surface area contributed by atoms with Crippen LogP contribution in [0.3, 0.4) is 0 Å². The Morgan fingerprint density at radius 2 is 1.89 bits per heavy atom. The maximum absolute atomic E-state index is 12.3. The number of carbonyl (C=O) groups excluding carboxylic acids is 1. The zero-order valence-corrected chi connectivity index (χ0v) is 17.3. The van der Waals surface area contributed by atoms with E-state index in [0.717, 1.165) is 44.5 Å². The zero-order chi connectivity index (χ0) is 17.5. The summed E-state index contributed by atoms with van der Waals surface area (Å²) in [4.78, 5) is 16.4. The highest BCUT2D eigenvalue weighted by Crippen LogP contribution is 2.18. The molecule has 0 bridgehead atoms. The second-order valence-corrected chi connectivity index (χ2v) is 7.16. The van der Waals surface area contributed by atoms with Crippen molar-refractivity contribution in [2.75, 3.05) is 45.8 Å². The molecule has 3 rings (SSSR count). The lowest BCUT2D eigenvalue weighted by Crippen LogP contribution is -2.53. The first kappa shape index (κ1) is 24.0. The Labute approximate surface area is 174 Å². The summed E-state index contributed by atoms with van der Waals surface area (Å²) in [5, 5.41) is 14.0. The number of benzene rings is 1. The van der Waals surface area contributed by atoms with Crippen LogP contribution in [0, 0.1) is 0 Å². The van der Waals surface area contributed by atoms with Crippen molar-refractivity contribution in [3.8, 4) is 0 Å². The van der Waals surface area contributed by atoms with Crippen LogP contribution in [0.15, 0.2) is 30.3 Å². The van der Waals surface area contributed by atoms with E-state index >= 15 is 0 Å². The lowest BCUT2D eigenvalue weighted by Gasteiger charge is -2.37. The minimum atomic E-state index is -0.638. The molecule has 2 heterocycles. The Kier molecular flexibility index (Phi) is 10.4. The number of β-amino-alcohol motifs (C(OH)–C–C–N with tert-alkyl or cyclic N) is 1. The van der Waals surface area contributed by atoms with E-state index in [4.69, 9.17) is 4.74 Å². The number of halogens is 2. The van der Waals surface area contributed by atoms with Crippen molar-refractivity contribution >= 4 is 30.9 Å². The van der Waals surface area contributed by atoms with Gasteiger partial charge >= 0.3 is 6.09 Å². The smallest absolute Gasteiger partial charge is 0.410 e. The van der Waals surface area contributed by atoms with E-state index in [2.05, 4.69) is 10.2 Å². The topological polar surface area (TPSA) is 65.0 Å². The molecule has 1 unspecified atom stereocenters. The van der Waals surface area contributed by atoms with Crippen LogP contribution >= 0.6 is 24.8 Å². The van der Waals surface area contributed by atoms with Crippen LogP contribution in [0.25, 0.3) is 0 Å². The first-order chi connectivity index (χ1) is 12.1. The second kappa shape index (κ2) is 11.7. The quantitative estimate of drug-likeness (QED) is 0.783. The van der Waals surface area contributed by atoms with Gasteiger partial charge in [0, 0.05) is 39.3 Å². The molecule has 8 heteroatoms. The van der Waals surface area contributed by atoms with Crippen LogP contribution in [0.1, 0.15) is 24.8 Å². The molecule has 2 aliphatic heterocycles. The number of hydrogen-bond acceptors (Lipinski definition) is 5. The number of nitrogens with zero attached hydrogens (tertiary/aromatic N) is 2. The summed E-state index contributed by atoms with van der Waals surface area (Å²) >= 11 is 0. The average Bonchev–Trinajstić information content (AvgIpc) is 2.86. The summed E-state index contributed by atoms with van der Waals surface area (Å²) in [7, 11) is 0. The van der Waals surface area contributed by atoms with Crippen LogP contribution in [0.5, 0.6) is 0 Å². The Morgan fingerprint density at radius 3 is 2.59 bits per heavy atom. The van der Waals surface area contributed by atoms with Crippen molar-refractivity contribution in [1.29, 1.82) is 0 Å². The zero-order valence-electron chi connectivity index (χ0n) is 15.6. The molecule has 2 fully saturated rings. The van der Waals surface area contributed by atoms with Crippen LogP contribution in [0.2, 0.25) is 0 Å². The molecule has 154 valence electrons. The van der Waals surface area contributed by atoms with E-state index in [1.165, 1.54) is 0 Å². The fourth-order valence-corrected chi connectivity index (χ4v) is 3.63. The number of ether oxygens (including phenoxy) is 1. The van der Waals surface area contributed by atoms with Gasteiger partial charge in [0.05, 0.1) is 5.60 Å². The predicted molar refractivity (Wildman–Crippen MR) is 111 cm³/mol. The second-order valence-electron chi connectivity index (χ2n) is 7.16. The normalized spacial score (nSPS) is 23.5. The lowest BCUT2D eigenvalue weighted by molar-refractivity contribution is -0.0144. The van der Waals surface area contributed by atoms with Gasteiger partial charge in [0.25, 0.3) is 0 Å². The number of rotatable bonds is 4. The third-order valence-electron chi connectivity index (χ3n) is 5.02. The van der Waals surface area contributed by atoms with Crippen molar-refractivity contribution in [3.05, 3.63) is 35.9 Å². The maximum Gasteiger partial charge on any atom is 0.410 e. The Bertz CT molecular complexity index is 556. The molecule has 0 spiro atoms. The monoisotopic (exact) mass is 419 g/mol. The number of aliphatic hydroxyl groups is 1. The lowest BCUT2D eigenvalue weighted by atomic mass is 9.93. The fraction of sp³-hybridized carbons (Fsp3) is 0.632. The maximum atomic E-state index is 12.3. The van der Waals surface area contributed by atoms with Gasteiger partial charge in [-0.05, 0) is 31.4 Å². The largest absolute Gasteiger partial charge is 0.445 e. The van der Waals surface area contributed by atoms with Gasteiger partial charge in [-0.1, -0.05) is 30.3 Å². The first-order valence-corrected chi connectivity index (χ1v) is 9.26. The van der Waals surface area contributed by atoms with Gasteiger partial charge in [-0.15, -0.1) is 24.8 Å². The number of amides is 1. The molecular weight excluding hydrogens is 389 g/mol. The summed E-state index contributed by atoms with van der Waals surface area (Å²) in [6, 6.07) is 9.74. The molecule has 2 N–H and O–H groups in total. The van der Waals surface area contributed by atoms with E-state index in [9.17, 15) is 9.90 Å². The number of hydrogen-bond donors (Lipinski definition) is 2. The third-order valence-corrected chi connectivity index (χ3v) is 5.02. The Balaban J connectivity index is 0.00000182. The molecular formula is C19H31Cl2N3O3.